The van der Waals surface area contributed by atoms with E-state index < -0.39 is 0 Å². The predicted molar refractivity (Wildman–Crippen MR) is 57.4 cm³/mol. The molecule has 0 spiro atoms. The molecule has 1 aromatic rings. The molecule has 0 aromatic heterocycles. The van der Waals surface area contributed by atoms with Crippen LogP contribution < -0.4 is 9.47 Å². The molecule has 0 saturated carbocycles. The Labute approximate surface area is 93.6 Å². The Morgan fingerprint density at radius 2 is 1.94 bits per heavy atom. The number of carbonyl (C=O) groups excluding carboxylic acids is 1. The molecule has 0 unspecified atom stereocenters. The largest absolute Gasteiger partial charge is 0.507 e. The van der Waals surface area contributed by atoms with Crippen molar-refractivity contribution in [2.75, 3.05) is 27.9 Å². The molecule has 0 heterocycles. The molecule has 0 saturated heterocycles. The predicted octanol–water partition coefficient (Wildman–Crippen LogP) is 1.24. The molecule has 0 fully saturated rings. The quantitative estimate of drug-likeness (QED) is 0.765. The molecule has 0 atom stereocenters. The van der Waals surface area contributed by atoms with E-state index in [1.165, 1.54) is 33.5 Å². The fourth-order valence-corrected chi connectivity index (χ4v) is 1.34. The van der Waals surface area contributed by atoms with Gasteiger partial charge in [0.2, 0.25) is 0 Å². The Hall–Kier alpha value is -1.75. The van der Waals surface area contributed by atoms with Gasteiger partial charge in [-0.3, -0.25) is 4.79 Å². The molecular weight excluding hydrogens is 212 g/mol. The fourth-order valence-electron chi connectivity index (χ4n) is 1.34. The van der Waals surface area contributed by atoms with E-state index in [2.05, 4.69) is 0 Å². The van der Waals surface area contributed by atoms with Gasteiger partial charge in [0.15, 0.2) is 5.78 Å². The fraction of sp³-hybridized carbons (Fsp3) is 0.364. The zero-order chi connectivity index (χ0) is 12.1. The van der Waals surface area contributed by atoms with Gasteiger partial charge in [0.05, 0.1) is 14.2 Å². The van der Waals surface area contributed by atoms with Crippen LogP contribution >= 0.6 is 0 Å². The van der Waals surface area contributed by atoms with Crippen molar-refractivity contribution in [3.8, 4) is 17.2 Å². The zero-order valence-electron chi connectivity index (χ0n) is 9.44. The second-order valence-electron chi connectivity index (χ2n) is 3.08. The maximum absolute atomic E-state index is 11.6. The topological polar surface area (TPSA) is 65.0 Å². The van der Waals surface area contributed by atoms with Crippen molar-refractivity contribution in [1.82, 2.24) is 0 Å². The highest BCUT2D eigenvalue weighted by molar-refractivity contribution is 6.02. The minimum Gasteiger partial charge on any atom is -0.507 e. The van der Waals surface area contributed by atoms with Crippen LogP contribution in [0.15, 0.2) is 12.1 Å². The molecule has 0 aliphatic carbocycles. The minimum atomic E-state index is -0.348. The molecule has 0 bridgehead atoms. The van der Waals surface area contributed by atoms with Crippen molar-refractivity contribution < 1.29 is 24.1 Å². The number of aromatic hydroxyl groups is 1. The first kappa shape index (κ1) is 12.3. The summed E-state index contributed by atoms with van der Waals surface area (Å²) in [6.07, 6.45) is 0. The molecule has 1 aromatic carbocycles. The Morgan fingerprint density at radius 3 is 2.44 bits per heavy atom. The van der Waals surface area contributed by atoms with E-state index in [0.717, 1.165) is 0 Å². The van der Waals surface area contributed by atoms with Gasteiger partial charge >= 0.3 is 0 Å². The lowest BCUT2D eigenvalue weighted by atomic mass is 10.1. The zero-order valence-corrected chi connectivity index (χ0v) is 9.44. The third kappa shape index (κ3) is 2.43. The summed E-state index contributed by atoms with van der Waals surface area (Å²) < 4.78 is 14.7. The Kier molecular flexibility index (Phi) is 4.13. The summed E-state index contributed by atoms with van der Waals surface area (Å²) >= 11 is 0. The maximum atomic E-state index is 11.6. The number of ether oxygens (including phenoxy) is 3. The summed E-state index contributed by atoms with van der Waals surface area (Å²) in [7, 11) is 4.29. The number of hydrogen-bond donors (Lipinski definition) is 1. The molecule has 0 radical (unpaired) electrons. The summed E-state index contributed by atoms with van der Waals surface area (Å²) in [4.78, 5) is 11.6. The maximum Gasteiger partial charge on any atom is 0.195 e. The van der Waals surface area contributed by atoms with Gasteiger partial charge < -0.3 is 19.3 Å². The lowest BCUT2D eigenvalue weighted by Crippen LogP contribution is -2.09. The number of rotatable bonds is 5. The number of hydrogen-bond acceptors (Lipinski definition) is 5. The molecular formula is C11H14O5. The van der Waals surface area contributed by atoms with Crippen LogP contribution in [0.4, 0.5) is 0 Å². The first-order chi connectivity index (χ1) is 7.63. The van der Waals surface area contributed by atoms with Crippen LogP contribution in [0.2, 0.25) is 0 Å². The van der Waals surface area contributed by atoms with E-state index in [-0.39, 0.29) is 29.5 Å². The van der Waals surface area contributed by atoms with Gasteiger partial charge in [0.1, 0.15) is 29.4 Å². The molecule has 0 amide bonds. The highest BCUT2D eigenvalue weighted by Gasteiger charge is 2.18. The number of methoxy groups -OCH3 is 3. The Morgan fingerprint density at radius 1 is 1.25 bits per heavy atom. The van der Waals surface area contributed by atoms with Crippen molar-refractivity contribution >= 4 is 5.78 Å². The first-order valence-corrected chi connectivity index (χ1v) is 4.61. The Balaban J connectivity index is 3.21. The lowest BCUT2D eigenvalue weighted by Gasteiger charge is -2.11. The number of Topliss-reactive ketones (excluding diaryl/α,β-unsaturated/α-hetero) is 1. The van der Waals surface area contributed by atoms with Gasteiger partial charge in [-0.15, -0.1) is 0 Å². The van der Waals surface area contributed by atoms with Gasteiger partial charge in [-0.2, -0.15) is 0 Å². The van der Waals surface area contributed by atoms with Gasteiger partial charge in [0.25, 0.3) is 0 Å². The van der Waals surface area contributed by atoms with Crippen molar-refractivity contribution in [3.05, 3.63) is 17.7 Å². The van der Waals surface area contributed by atoms with Crippen LogP contribution in [0.1, 0.15) is 10.4 Å². The number of benzene rings is 1. The van der Waals surface area contributed by atoms with E-state index >= 15 is 0 Å². The second kappa shape index (κ2) is 5.37. The van der Waals surface area contributed by atoms with E-state index in [1.807, 2.05) is 0 Å². The molecule has 5 heteroatoms. The van der Waals surface area contributed by atoms with E-state index in [9.17, 15) is 9.90 Å². The molecule has 5 nitrogen and oxygen atoms in total. The second-order valence-corrected chi connectivity index (χ2v) is 3.08. The van der Waals surface area contributed by atoms with Gasteiger partial charge in [-0.1, -0.05) is 0 Å². The number of ketones is 1. The summed E-state index contributed by atoms with van der Waals surface area (Å²) in [6, 6.07) is 2.88. The molecule has 88 valence electrons. The third-order valence-corrected chi connectivity index (χ3v) is 2.06. The van der Waals surface area contributed by atoms with Gasteiger partial charge in [0, 0.05) is 19.2 Å². The molecule has 16 heavy (non-hydrogen) atoms. The minimum absolute atomic E-state index is 0.102. The Bertz CT molecular complexity index is 386. The SMILES string of the molecule is COCC(=O)c1c(O)cc(OC)cc1OC. The molecule has 0 aliphatic heterocycles. The highest BCUT2D eigenvalue weighted by Crippen LogP contribution is 2.33. The van der Waals surface area contributed by atoms with Gasteiger partial charge in [-0.25, -0.2) is 0 Å². The summed E-state index contributed by atoms with van der Waals surface area (Å²) in [5.41, 5.74) is 0.102. The molecule has 0 aliphatic rings. The van der Waals surface area contributed by atoms with E-state index in [4.69, 9.17) is 14.2 Å². The monoisotopic (exact) mass is 226 g/mol. The van der Waals surface area contributed by atoms with Crippen LogP contribution in [0, 0.1) is 0 Å². The first-order valence-electron chi connectivity index (χ1n) is 4.61. The lowest BCUT2D eigenvalue weighted by molar-refractivity contribution is 0.0842. The van der Waals surface area contributed by atoms with Gasteiger partial charge in [-0.05, 0) is 0 Å². The van der Waals surface area contributed by atoms with Crippen LogP contribution in [-0.2, 0) is 4.74 Å². The average Bonchev–Trinajstić information content (AvgIpc) is 2.27. The standard InChI is InChI=1S/C11H14O5/c1-14-6-9(13)11-8(12)4-7(15-2)5-10(11)16-3/h4-5,12H,6H2,1-3H3. The summed E-state index contributed by atoms with van der Waals surface area (Å²) in [5, 5.41) is 9.70. The van der Waals surface area contributed by atoms with E-state index in [1.54, 1.807) is 0 Å². The smallest absolute Gasteiger partial charge is 0.195 e. The van der Waals surface area contributed by atoms with Crippen molar-refractivity contribution in [2.24, 2.45) is 0 Å². The third-order valence-electron chi connectivity index (χ3n) is 2.06. The van der Waals surface area contributed by atoms with Crippen LogP contribution in [-0.4, -0.2) is 38.8 Å². The van der Waals surface area contributed by atoms with Crippen molar-refractivity contribution in [2.45, 2.75) is 0 Å². The van der Waals surface area contributed by atoms with Crippen molar-refractivity contribution in [1.29, 1.82) is 0 Å². The molecule has 1 rings (SSSR count). The average molecular weight is 226 g/mol. The normalized spacial score (nSPS) is 9.94. The van der Waals surface area contributed by atoms with Crippen LogP contribution in [0.3, 0.4) is 0 Å². The summed E-state index contributed by atoms with van der Waals surface area (Å²) in [6.45, 7) is -0.115. The highest BCUT2D eigenvalue weighted by atomic mass is 16.5. The molecule has 1 N–H and O–H groups in total. The van der Waals surface area contributed by atoms with E-state index in [0.29, 0.717) is 5.75 Å². The van der Waals surface area contributed by atoms with Crippen molar-refractivity contribution in [3.63, 3.8) is 0 Å². The number of phenols is 1. The number of carbonyl (C=O) groups is 1. The van der Waals surface area contributed by atoms with Crippen LogP contribution in [0.5, 0.6) is 17.2 Å². The van der Waals surface area contributed by atoms with Crippen LogP contribution in [0.25, 0.3) is 0 Å². The number of phenolic OH excluding ortho intramolecular Hbond substituents is 1. The summed E-state index contributed by atoms with van der Waals surface area (Å²) in [5.74, 6) is 0.153.